The summed E-state index contributed by atoms with van der Waals surface area (Å²) >= 11 is 0. The third-order valence-corrected chi connectivity index (χ3v) is 4.69. The fourth-order valence-corrected chi connectivity index (χ4v) is 3.27. The minimum Gasteiger partial charge on any atom is -0.497 e. The first-order valence-electron chi connectivity index (χ1n) is 8.89. The Morgan fingerprint density at radius 1 is 1.18 bits per heavy atom. The zero-order valence-electron chi connectivity index (χ0n) is 15.6. The number of carbonyl (C=O) groups excluding carboxylic acids is 1. The van der Waals surface area contributed by atoms with Gasteiger partial charge < -0.3 is 15.4 Å². The van der Waals surface area contributed by atoms with Gasteiger partial charge in [-0.3, -0.25) is 4.79 Å². The largest absolute Gasteiger partial charge is 0.497 e. The molecule has 4 rings (SSSR count). The van der Waals surface area contributed by atoms with E-state index in [4.69, 9.17) is 4.74 Å². The van der Waals surface area contributed by atoms with Gasteiger partial charge >= 0.3 is 0 Å². The van der Waals surface area contributed by atoms with Gasteiger partial charge in [-0.05, 0) is 40.6 Å². The Hall–Kier alpha value is -3.68. The van der Waals surface area contributed by atoms with Crippen LogP contribution in [0.3, 0.4) is 0 Å². The molecule has 8 heteroatoms. The summed E-state index contributed by atoms with van der Waals surface area (Å²) < 4.78 is 6.86. The van der Waals surface area contributed by atoms with Gasteiger partial charge in [0.25, 0.3) is 5.91 Å². The molecule has 1 unspecified atom stereocenters. The van der Waals surface area contributed by atoms with Crippen molar-refractivity contribution in [1.82, 2.24) is 25.5 Å². The Bertz CT molecular complexity index is 1010. The van der Waals surface area contributed by atoms with Crippen LogP contribution in [0.15, 0.2) is 65.9 Å². The third kappa shape index (κ3) is 3.32. The average molecular weight is 376 g/mol. The molecule has 0 radical (unpaired) electrons. The maximum Gasteiger partial charge on any atom is 0.251 e. The van der Waals surface area contributed by atoms with E-state index in [-0.39, 0.29) is 5.91 Å². The highest BCUT2D eigenvalue weighted by molar-refractivity contribution is 5.96. The van der Waals surface area contributed by atoms with Crippen LogP contribution in [0.25, 0.3) is 0 Å². The highest BCUT2D eigenvalue weighted by atomic mass is 16.5. The van der Waals surface area contributed by atoms with E-state index in [0.29, 0.717) is 23.8 Å². The molecule has 1 amide bonds. The maximum atomic E-state index is 13.1. The number of rotatable bonds is 5. The number of methoxy groups -OCH3 is 1. The lowest BCUT2D eigenvalue weighted by atomic mass is 9.95. The van der Waals surface area contributed by atoms with Gasteiger partial charge in [0.05, 0.1) is 12.7 Å². The summed E-state index contributed by atoms with van der Waals surface area (Å²) in [5.41, 5.74) is 3.21. The third-order valence-electron chi connectivity index (χ3n) is 4.69. The van der Waals surface area contributed by atoms with Crippen LogP contribution in [0.1, 0.15) is 24.1 Å². The van der Waals surface area contributed by atoms with E-state index in [1.54, 1.807) is 11.8 Å². The van der Waals surface area contributed by atoms with Crippen LogP contribution in [0.4, 0.5) is 5.95 Å². The number of allylic oxidation sites excluding steroid dienone is 1. The van der Waals surface area contributed by atoms with Crippen LogP contribution in [-0.2, 0) is 11.3 Å². The quantitative estimate of drug-likeness (QED) is 0.710. The second-order valence-electron chi connectivity index (χ2n) is 6.45. The van der Waals surface area contributed by atoms with Gasteiger partial charge in [0.2, 0.25) is 5.95 Å². The van der Waals surface area contributed by atoms with Gasteiger partial charge in [0, 0.05) is 12.2 Å². The number of aromatic nitrogens is 4. The molecule has 2 heterocycles. The summed E-state index contributed by atoms with van der Waals surface area (Å²) in [4.78, 5) is 13.1. The molecule has 0 saturated carbocycles. The second-order valence-corrected chi connectivity index (χ2v) is 6.45. The van der Waals surface area contributed by atoms with E-state index in [2.05, 4.69) is 26.2 Å². The zero-order chi connectivity index (χ0) is 19.5. The predicted molar refractivity (Wildman–Crippen MR) is 104 cm³/mol. The van der Waals surface area contributed by atoms with Crippen molar-refractivity contribution in [3.05, 3.63) is 77.0 Å². The van der Waals surface area contributed by atoms with Crippen molar-refractivity contribution in [2.75, 3.05) is 12.4 Å². The van der Waals surface area contributed by atoms with Gasteiger partial charge in [0.15, 0.2) is 0 Å². The number of amides is 1. The van der Waals surface area contributed by atoms with Crippen molar-refractivity contribution in [2.24, 2.45) is 0 Å². The molecule has 0 bridgehead atoms. The van der Waals surface area contributed by atoms with Gasteiger partial charge in [-0.25, -0.2) is 0 Å². The monoisotopic (exact) mass is 376 g/mol. The minimum atomic E-state index is -0.437. The molecule has 1 atom stereocenters. The highest BCUT2D eigenvalue weighted by Gasteiger charge is 2.33. The summed E-state index contributed by atoms with van der Waals surface area (Å²) in [5.74, 6) is 1.07. The number of ether oxygens (including phenoxy) is 1. The van der Waals surface area contributed by atoms with Gasteiger partial charge in [-0.1, -0.05) is 47.6 Å². The Morgan fingerprint density at radius 2 is 1.93 bits per heavy atom. The van der Waals surface area contributed by atoms with Crippen LogP contribution >= 0.6 is 0 Å². The minimum absolute atomic E-state index is 0.171. The van der Waals surface area contributed by atoms with Gasteiger partial charge in [0.1, 0.15) is 11.8 Å². The number of anilines is 1. The number of hydrogen-bond donors (Lipinski definition) is 2. The SMILES string of the molecule is COc1ccc(C2C(C(=O)NCc3ccccc3)=C(C)Nc3nnnn32)cc1. The van der Waals surface area contributed by atoms with Crippen molar-refractivity contribution < 1.29 is 9.53 Å². The molecule has 0 fully saturated rings. The fourth-order valence-electron chi connectivity index (χ4n) is 3.27. The van der Waals surface area contributed by atoms with Gasteiger partial charge in [-0.2, -0.15) is 4.68 Å². The Kier molecular flexibility index (Phi) is 4.76. The molecular formula is C20H20N6O2. The molecule has 1 aromatic heterocycles. The summed E-state index contributed by atoms with van der Waals surface area (Å²) in [7, 11) is 1.62. The first kappa shape index (κ1) is 17.7. The van der Waals surface area contributed by atoms with E-state index >= 15 is 0 Å². The fraction of sp³-hybridized carbons (Fsp3) is 0.200. The lowest BCUT2D eigenvalue weighted by molar-refractivity contribution is -0.118. The molecule has 0 saturated heterocycles. The van der Waals surface area contributed by atoms with E-state index in [1.807, 2.05) is 61.5 Å². The summed E-state index contributed by atoms with van der Waals surface area (Å²) in [5, 5.41) is 18.0. The van der Waals surface area contributed by atoms with E-state index in [0.717, 1.165) is 16.9 Å². The van der Waals surface area contributed by atoms with E-state index in [1.165, 1.54) is 0 Å². The Labute approximate surface area is 162 Å². The smallest absolute Gasteiger partial charge is 0.251 e. The summed E-state index contributed by atoms with van der Waals surface area (Å²) in [6, 6.07) is 16.9. The second kappa shape index (κ2) is 7.51. The van der Waals surface area contributed by atoms with Crippen molar-refractivity contribution in [3.63, 3.8) is 0 Å². The molecule has 0 spiro atoms. The normalized spacial score (nSPS) is 15.6. The lowest BCUT2D eigenvalue weighted by Gasteiger charge is -2.28. The van der Waals surface area contributed by atoms with E-state index < -0.39 is 6.04 Å². The Morgan fingerprint density at radius 3 is 2.64 bits per heavy atom. The molecule has 3 aromatic rings. The predicted octanol–water partition coefficient (Wildman–Crippen LogP) is 2.29. The Balaban J connectivity index is 1.67. The summed E-state index contributed by atoms with van der Waals surface area (Å²) in [6.45, 7) is 2.29. The first-order valence-corrected chi connectivity index (χ1v) is 8.89. The number of carbonyl (C=O) groups is 1. The maximum absolute atomic E-state index is 13.1. The zero-order valence-corrected chi connectivity index (χ0v) is 15.6. The number of tetrazole rings is 1. The lowest BCUT2D eigenvalue weighted by Crippen LogP contribution is -2.34. The molecule has 1 aliphatic rings. The van der Waals surface area contributed by atoms with Crippen molar-refractivity contribution in [1.29, 1.82) is 0 Å². The molecule has 0 aliphatic carbocycles. The van der Waals surface area contributed by atoms with Crippen molar-refractivity contribution in [2.45, 2.75) is 19.5 Å². The molecular weight excluding hydrogens is 356 g/mol. The number of hydrogen-bond acceptors (Lipinski definition) is 6. The molecule has 28 heavy (non-hydrogen) atoms. The van der Waals surface area contributed by atoms with Crippen LogP contribution < -0.4 is 15.4 Å². The van der Waals surface area contributed by atoms with E-state index in [9.17, 15) is 4.79 Å². The summed E-state index contributed by atoms with van der Waals surface area (Å²) in [6.07, 6.45) is 0. The number of nitrogens with one attached hydrogen (secondary N) is 2. The van der Waals surface area contributed by atoms with Crippen LogP contribution in [-0.4, -0.2) is 33.2 Å². The van der Waals surface area contributed by atoms with Crippen molar-refractivity contribution in [3.8, 4) is 5.75 Å². The molecule has 8 nitrogen and oxygen atoms in total. The van der Waals surface area contributed by atoms with Crippen molar-refractivity contribution >= 4 is 11.9 Å². The highest BCUT2D eigenvalue weighted by Crippen LogP contribution is 2.34. The average Bonchev–Trinajstić information content (AvgIpc) is 3.20. The molecule has 142 valence electrons. The van der Waals surface area contributed by atoms with Crippen LogP contribution in [0.5, 0.6) is 5.75 Å². The molecule has 2 N–H and O–H groups in total. The van der Waals surface area contributed by atoms with Gasteiger partial charge in [-0.15, -0.1) is 0 Å². The topological polar surface area (TPSA) is 94.0 Å². The van der Waals surface area contributed by atoms with Crippen LogP contribution in [0.2, 0.25) is 0 Å². The van der Waals surface area contributed by atoms with Crippen LogP contribution in [0, 0.1) is 0 Å². The number of fused-ring (bicyclic) bond motifs is 1. The molecule has 1 aliphatic heterocycles. The standard InChI is InChI=1S/C20H20N6O2/c1-13-17(19(27)21-12-14-6-4-3-5-7-14)18(26-20(22-13)23-24-25-26)15-8-10-16(28-2)11-9-15/h3-11,18H,12H2,1-2H3,(H,21,27)(H,22,23,25). The first-order chi connectivity index (χ1) is 13.7. The number of benzene rings is 2. The number of nitrogens with zero attached hydrogens (tertiary/aromatic N) is 4. The molecule has 2 aromatic carbocycles.